The highest BCUT2D eigenvalue weighted by Crippen LogP contribution is 2.37. The molecule has 1 aromatic carbocycles. The molecule has 0 radical (unpaired) electrons. The number of fused-ring (bicyclic) bond motifs is 2. The smallest absolute Gasteiger partial charge is 0.339 e. The first-order chi connectivity index (χ1) is 11.8. The summed E-state index contributed by atoms with van der Waals surface area (Å²) in [6.07, 6.45) is 5.53. The number of carbonyl (C=O) groups is 1. The van der Waals surface area contributed by atoms with Gasteiger partial charge in [0.25, 0.3) is 0 Å². The predicted molar refractivity (Wildman–Crippen MR) is 91.0 cm³/mol. The Hall–Kier alpha value is -2.74. The monoisotopic (exact) mass is 366 g/mol. The number of carboxylic acid groups (broad SMARTS) is 1. The van der Waals surface area contributed by atoms with Crippen molar-refractivity contribution in [1.29, 1.82) is 0 Å². The highest BCUT2D eigenvalue weighted by Gasteiger charge is 2.34. The van der Waals surface area contributed by atoms with E-state index >= 15 is 0 Å². The molecule has 8 heteroatoms. The second kappa shape index (κ2) is 7.43. The fourth-order valence-corrected chi connectivity index (χ4v) is 3.58. The third-order valence-electron chi connectivity index (χ3n) is 3.41. The quantitative estimate of drug-likeness (QED) is 0.824. The molecule has 134 valence electrons. The van der Waals surface area contributed by atoms with E-state index in [4.69, 9.17) is 14.6 Å². The van der Waals surface area contributed by atoms with Crippen LogP contribution in [0.1, 0.15) is 23.7 Å². The SMILES string of the molecule is CCCOc1ccc(C(=O)O)c(O)c1.COC1=C2C=CC(=C1)S2(=O)=O. The van der Waals surface area contributed by atoms with Crippen LogP contribution >= 0.6 is 0 Å². The number of hydrogen-bond acceptors (Lipinski definition) is 6. The van der Waals surface area contributed by atoms with Gasteiger partial charge in [0.05, 0.1) is 18.6 Å². The van der Waals surface area contributed by atoms with E-state index in [1.165, 1.54) is 31.4 Å². The average molecular weight is 366 g/mol. The van der Waals surface area contributed by atoms with Gasteiger partial charge in [0.1, 0.15) is 27.7 Å². The summed E-state index contributed by atoms with van der Waals surface area (Å²) in [7, 11) is -1.69. The maximum absolute atomic E-state index is 11.3. The van der Waals surface area contributed by atoms with Gasteiger partial charge in [-0.25, -0.2) is 13.2 Å². The van der Waals surface area contributed by atoms with Gasteiger partial charge in [0.15, 0.2) is 0 Å². The Bertz CT molecular complexity index is 876. The molecule has 0 aliphatic carbocycles. The van der Waals surface area contributed by atoms with Crippen LogP contribution in [0, 0.1) is 0 Å². The van der Waals surface area contributed by atoms with Crippen molar-refractivity contribution >= 4 is 15.8 Å². The Morgan fingerprint density at radius 2 is 1.96 bits per heavy atom. The number of carboxylic acids is 1. The number of sulfone groups is 1. The highest BCUT2D eigenvalue weighted by molar-refractivity contribution is 8.00. The van der Waals surface area contributed by atoms with Gasteiger partial charge in [-0.15, -0.1) is 0 Å². The topological polar surface area (TPSA) is 110 Å². The van der Waals surface area contributed by atoms with Gasteiger partial charge in [0.2, 0.25) is 9.84 Å². The second-order valence-electron chi connectivity index (χ2n) is 5.15. The summed E-state index contributed by atoms with van der Waals surface area (Å²) in [4.78, 5) is 11.2. The third kappa shape index (κ3) is 3.85. The predicted octanol–water partition coefficient (Wildman–Crippen LogP) is 2.61. The van der Waals surface area contributed by atoms with Crippen molar-refractivity contribution in [3.63, 3.8) is 0 Å². The molecule has 2 heterocycles. The largest absolute Gasteiger partial charge is 0.507 e. The van der Waals surface area contributed by atoms with E-state index in [9.17, 15) is 18.3 Å². The molecule has 0 spiro atoms. The van der Waals surface area contributed by atoms with Gasteiger partial charge in [-0.2, -0.15) is 0 Å². The van der Waals surface area contributed by atoms with E-state index in [2.05, 4.69) is 0 Å². The Kier molecular flexibility index (Phi) is 5.53. The summed E-state index contributed by atoms with van der Waals surface area (Å²) in [5, 5.41) is 17.9. The fourth-order valence-electron chi connectivity index (χ4n) is 2.17. The number of methoxy groups -OCH3 is 1. The lowest BCUT2D eigenvalue weighted by atomic mass is 10.2. The Morgan fingerprint density at radius 3 is 2.36 bits per heavy atom. The molecule has 1 aromatic rings. The Morgan fingerprint density at radius 1 is 1.24 bits per heavy atom. The summed E-state index contributed by atoms with van der Waals surface area (Å²) >= 11 is 0. The van der Waals surface area contributed by atoms with Gasteiger partial charge in [-0.1, -0.05) is 6.92 Å². The highest BCUT2D eigenvalue weighted by atomic mass is 32.2. The molecule has 3 rings (SSSR count). The van der Waals surface area contributed by atoms with E-state index in [-0.39, 0.29) is 16.2 Å². The Labute approximate surface area is 145 Å². The van der Waals surface area contributed by atoms with Crippen LogP contribution in [-0.2, 0) is 14.6 Å². The number of allylic oxidation sites excluding steroid dienone is 3. The van der Waals surface area contributed by atoms with Crippen molar-refractivity contribution in [3.05, 3.63) is 57.6 Å². The van der Waals surface area contributed by atoms with Crippen LogP contribution in [0.15, 0.2) is 52.0 Å². The van der Waals surface area contributed by atoms with Gasteiger partial charge in [-0.3, -0.25) is 0 Å². The molecule has 2 aliphatic heterocycles. The molecule has 2 aliphatic rings. The minimum Gasteiger partial charge on any atom is -0.507 e. The molecule has 0 fully saturated rings. The number of ether oxygens (including phenoxy) is 2. The fraction of sp³-hybridized carbons (Fsp3) is 0.235. The summed E-state index contributed by atoms with van der Waals surface area (Å²) in [6.45, 7) is 2.51. The zero-order valence-corrected chi connectivity index (χ0v) is 14.5. The lowest BCUT2D eigenvalue weighted by Crippen LogP contribution is -1.98. The van der Waals surface area contributed by atoms with Gasteiger partial charge >= 0.3 is 5.97 Å². The zero-order chi connectivity index (χ0) is 18.6. The molecular weight excluding hydrogens is 348 g/mol. The standard InChI is InChI=1S/C10H12O4.C7H6O3S/c1-2-5-14-7-3-4-8(10(12)13)9(11)6-7;1-10-6-4-5-2-3-7(6)11(5,8)9/h3-4,6,11H,2,5H2,1H3,(H,12,13);2-4H,1H3. The van der Waals surface area contributed by atoms with Crippen molar-refractivity contribution in [1.82, 2.24) is 0 Å². The molecule has 7 nitrogen and oxygen atoms in total. The third-order valence-corrected chi connectivity index (χ3v) is 5.20. The first-order valence-corrected chi connectivity index (χ1v) is 8.91. The van der Waals surface area contributed by atoms with Crippen LogP contribution in [0.2, 0.25) is 0 Å². The van der Waals surface area contributed by atoms with Crippen molar-refractivity contribution in [2.45, 2.75) is 13.3 Å². The van der Waals surface area contributed by atoms with Crippen molar-refractivity contribution in [2.75, 3.05) is 13.7 Å². The molecule has 0 unspecified atom stereocenters. The molecule has 0 aromatic heterocycles. The van der Waals surface area contributed by atoms with Crippen LogP contribution in [0.4, 0.5) is 0 Å². The lowest BCUT2D eigenvalue weighted by Gasteiger charge is -2.05. The number of aromatic hydroxyl groups is 1. The zero-order valence-electron chi connectivity index (χ0n) is 13.7. The lowest BCUT2D eigenvalue weighted by molar-refractivity contribution is 0.0693. The molecule has 25 heavy (non-hydrogen) atoms. The molecule has 2 bridgehead atoms. The first-order valence-electron chi connectivity index (χ1n) is 7.43. The first kappa shape index (κ1) is 18.6. The maximum Gasteiger partial charge on any atom is 0.339 e. The van der Waals surface area contributed by atoms with Crippen LogP contribution in [0.25, 0.3) is 0 Å². The number of hydrogen-bond donors (Lipinski definition) is 2. The average Bonchev–Trinajstić information content (AvgIpc) is 3.00. The minimum absolute atomic E-state index is 0.117. The van der Waals surface area contributed by atoms with Crippen molar-refractivity contribution < 1.29 is 32.9 Å². The van der Waals surface area contributed by atoms with Crippen molar-refractivity contribution in [3.8, 4) is 11.5 Å². The van der Waals surface area contributed by atoms with Crippen LogP contribution in [-0.4, -0.2) is 38.3 Å². The number of phenols is 1. The summed E-state index contributed by atoms with van der Waals surface area (Å²) in [5.41, 5.74) is -0.117. The van der Waals surface area contributed by atoms with Gasteiger partial charge < -0.3 is 19.7 Å². The van der Waals surface area contributed by atoms with Gasteiger partial charge in [0, 0.05) is 12.1 Å². The van der Waals surface area contributed by atoms with E-state index in [1.807, 2.05) is 6.92 Å². The maximum atomic E-state index is 11.3. The molecular formula is C17H18O7S. The van der Waals surface area contributed by atoms with Gasteiger partial charge in [-0.05, 0) is 30.7 Å². The summed E-state index contributed by atoms with van der Waals surface area (Å²) < 4.78 is 32.6. The molecule has 0 saturated heterocycles. The van der Waals surface area contributed by atoms with E-state index in [0.29, 0.717) is 23.0 Å². The second-order valence-corrected chi connectivity index (χ2v) is 7.07. The van der Waals surface area contributed by atoms with Crippen molar-refractivity contribution in [2.24, 2.45) is 0 Å². The van der Waals surface area contributed by atoms with Crippen LogP contribution in [0.5, 0.6) is 11.5 Å². The molecule has 2 N–H and O–H groups in total. The molecule has 0 amide bonds. The normalized spacial score (nSPS) is 16.2. The number of benzene rings is 1. The van der Waals surface area contributed by atoms with E-state index in [1.54, 1.807) is 12.2 Å². The van der Waals surface area contributed by atoms with E-state index < -0.39 is 15.8 Å². The number of aromatic carboxylic acids is 1. The Balaban J connectivity index is 0.000000185. The molecule has 0 atom stereocenters. The van der Waals surface area contributed by atoms with E-state index in [0.717, 1.165) is 6.42 Å². The van der Waals surface area contributed by atoms with Crippen LogP contribution in [0.3, 0.4) is 0 Å². The molecule has 0 saturated carbocycles. The van der Waals surface area contributed by atoms with Crippen LogP contribution < -0.4 is 4.74 Å². The minimum atomic E-state index is -3.15. The summed E-state index contributed by atoms with van der Waals surface area (Å²) in [5.74, 6) is -0.493. The number of rotatable bonds is 5. The summed E-state index contributed by atoms with van der Waals surface area (Å²) in [6, 6.07) is 4.15.